The Morgan fingerprint density at radius 1 is 1.54 bits per heavy atom. The summed E-state index contributed by atoms with van der Waals surface area (Å²) in [6.07, 6.45) is 10.3. The average molecular weight is 179 g/mol. The molecule has 0 aromatic rings. The number of hydrogen-bond donors (Lipinski definition) is 1. The number of Topliss-reactive ketones (excluding diaryl/α,β-unsaturated/α-hetero) is 1. The SMILES string of the molecule is C#CCCC(=O)CC1(CN)CCC1. The van der Waals surface area contributed by atoms with Gasteiger partial charge in [0.25, 0.3) is 0 Å². The van der Waals surface area contributed by atoms with Gasteiger partial charge in [-0.3, -0.25) is 4.79 Å². The van der Waals surface area contributed by atoms with Crippen molar-refractivity contribution in [1.82, 2.24) is 0 Å². The molecule has 2 N–H and O–H groups in total. The smallest absolute Gasteiger partial charge is 0.134 e. The first-order chi connectivity index (χ1) is 6.22. The van der Waals surface area contributed by atoms with Gasteiger partial charge in [0.05, 0.1) is 0 Å². The van der Waals surface area contributed by atoms with Crippen LogP contribution in [0.1, 0.15) is 38.5 Å². The van der Waals surface area contributed by atoms with Crippen molar-refractivity contribution in [3.05, 3.63) is 0 Å². The molecule has 0 aliphatic heterocycles. The summed E-state index contributed by atoms with van der Waals surface area (Å²) >= 11 is 0. The van der Waals surface area contributed by atoms with E-state index in [1.807, 2.05) is 0 Å². The van der Waals surface area contributed by atoms with Gasteiger partial charge in [0.2, 0.25) is 0 Å². The lowest BCUT2D eigenvalue weighted by Crippen LogP contribution is -2.39. The first-order valence-corrected chi connectivity index (χ1v) is 4.88. The van der Waals surface area contributed by atoms with Crippen LogP contribution in [-0.2, 0) is 4.79 Å². The van der Waals surface area contributed by atoms with Crippen molar-refractivity contribution >= 4 is 5.78 Å². The molecule has 0 bridgehead atoms. The maximum atomic E-state index is 11.4. The lowest BCUT2D eigenvalue weighted by atomic mass is 9.66. The second kappa shape index (κ2) is 4.43. The lowest BCUT2D eigenvalue weighted by molar-refractivity contribution is -0.122. The summed E-state index contributed by atoms with van der Waals surface area (Å²) in [6, 6.07) is 0. The number of terminal acetylenes is 1. The molecule has 0 aromatic heterocycles. The first kappa shape index (κ1) is 10.3. The number of nitrogens with two attached hydrogens (primary N) is 1. The molecule has 1 aliphatic carbocycles. The third kappa shape index (κ3) is 2.57. The van der Waals surface area contributed by atoms with Crippen LogP contribution in [0.5, 0.6) is 0 Å². The van der Waals surface area contributed by atoms with Crippen LogP contribution < -0.4 is 5.73 Å². The molecule has 0 aromatic carbocycles. The quantitative estimate of drug-likeness (QED) is 0.650. The van der Waals surface area contributed by atoms with Gasteiger partial charge in [0.15, 0.2) is 0 Å². The minimum Gasteiger partial charge on any atom is -0.330 e. The van der Waals surface area contributed by atoms with Crippen LogP contribution in [0.2, 0.25) is 0 Å². The van der Waals surface area contributed by atoms with Crippen molar-refractivity contribution in [3.63, 3.8) is 0 Å². The third-order valence-electron chi connectivity index (χ3n) is 2.97. The Morgan fingerprint density at radius 3 is 2.62 bits per heavy atom. The molecule has 1 saturated carbocycles. The van der Waals surface area contributed by atoms with E-state index >= 15 is 0 Å². The fourth-order valence-electron chi connectivity index (χ4n) is 1.85. The lowest BCUT2D eigenvalue weighted by Gasteiger charge is -2.40. The number of hydrogen-bond acceptors (Lipinski definition) is 2. The fraction of sp³-hybridized carbons (Fsp3) is 0.727. The first-order valence-electron chi connectivity index (χ1n) is 4.88. The summed E-state index contributed by atoms with van der Waals surface area (Å²) in [5.41, 5.74) is 5.80. The predicted molar refractivity (Wildman–Crippen MR) is 53.0 cm³/mol. The van der Waals surface area contributed by atoms with Gasteiger partial charge in [-0.15, -0.1) is 12.3 Å². The Kier molecular flexibility index (Phi) is 3.50. The van der Waals surface area contributed by atoms with Crippen LogP contribution in [0.4, 0.5) is 0 Å². The van der Waals surface area contributed by atoms with Crippen molar-refractivity contribution in [2.75, 3.05) is 6.54 Å². The van der Waals surface area contributed by atoms with Crippen LogP contribution in [-0.4, -0.2) is 12.3 Å². The standard InChI is InChI=1S/C11H17NO/c1-2-3-5-10(13)8-11(9-12)6-4-7-11/h1H,3-9,12H2. The summed E-state index contributed by atoms with van der Waals surface area (Å²) in [5.74, 6) is 2.77. The fourth-order valence-corrected chi connectivity index (χ4v) is 1.85. The summed E-state index contributed by atoms with van der Waals surface area (Å²) in [7, 11) is 0. The second-order valence-electron chi connectivity index (χ2n) is 3.98. The van der Waals surface area contributed by atoms with Gasteiger partial charge in [-0.2, -0.15) is 0 Å². The van der Waals surface area contributed by atoms with E-state index in [1.54, 1.807) is 0 Å². The summed E-state index contributed by atoms with van der Waals surface area (Å²) < 4.78 is 0. The van der Waals surface area contributed by atoms with E-state index in [9.17, 15) is 4.79 Å². The Labute approximate surface area is 79.9 Å². The number of ketones is 1. The van der Waals surface area contributed by atoms with E-state index < -0.39 is 0 Å². The zero-order valence-electron chi connectivity index (χ0n) is 8.01. The molecule has 2 nitrogen and oxygen atoms in total. The molecule has 1 rings (SSSR count). The highest BCUT2D eigenvalue weighted by atomic mass is 16.1. The highest BCUT2D eigenvalue weighted by Gasteiger charge is 2.36. The molecule has 13 heavy (non-hydrogen) atoms. The molecule has 1 aliphatic rings. The van der Waals surface area contributed by atoms with Gasteiger partial charge >= 0.3 is 0 Å². The van der Waals surface area contributed by atoms with E-state index in [-0.39, 0.29) is 11.2 Å². The van der Waals surface area contributed by atoms with Gasteiger partial charge in [-0.1, -0.05) is 6.42 Å². The Balaban J connectivity index is 2.30. The van der Waals surface area contributed by atoms with Gasteiger partial charge in [0, 0.05) is 19.3 Å². The minimum atomic E-state index is 0.145. The number of carbonyl (C=O) groups is 1. The molecule has 72 valence electrons. The van der Waals surface area contributed by atoms with Crippen molar-refractivity contribution < 1.29 is 4.79 Å². The van der Waals surface area contributed by atoms with Crippen LogP contribution >= 0.6 is 0 Å². The van der Waals surface area contributed by atoms with Gasteiger partial charge in [-0.25, -0.2) is 0 Å². The molecular weight excluding hydrogens is 162 g/mol. The van der Waals surface area contributed by atoms with Crippen molar-refractivity contribution in [3.8, 4) is 12.3 Å². The molecule has 0 atom stereocenters. The largest absolute Gasteiger partial charge is 0.330 e. The Morgan fingerprint density at radius 2 is 2.23 bits per heavy atom. The maximum absolute atomic E-state index is 11.4. The van der Waals surface area contributed by atoms with Crippen LogP contribution in [0, 0.1) is 17.8 Å². The van der Waals surface area contributed by atoms with Gasteiger partial charge in [0.1, 0.15) is 5.78 Å². The highest BCUT2D eigenvalue weighted by molar-refractivity contribution is 5.79. The summed E-state index contributed by atoms with van der Waals surface area (Å²) in [6.45, 7) is 0.648. The molecule has 0 saturated heterocycles. The topological polar surface area (TPSA) is 43.1 Å². The van der Waals surface area contributed by atoms with Crippen molar-refractivity contribution in [2.24, 2.45) is 11.1 Å². The van der Waals surface area contributed by atoms with E-state index in [2.05, 4.69) is 5.92 Å². The van der Waals surface area contributed by atoms with Crippen molar-refractivity contribution in [2.45, 2.75) is 38.5 Å². The molecule has 0 spiro atoms. The zero-order valence-corrected chi connectivity index (χ0v) is 8.01. The number of carbonyl (C=O) groups excluding carboxylic acids is 1. The third-order valence-corrected chi connectivity index (χ3v) is 2.97. The Hall–Kier alpha value is -0.810. The molecule has 1 fully saturated rings. The molecule has 0 radical (unpaired) electrons. The summed E-state index contributed by atoms with van der Waals surface area (Å²) in [4.78, 5) is 11.4. The van der Waals surface area contributed by atoms with Crippen LogP contribution in [0.3, 0.4) is 0 Å². The molecule has 0 unspecified atom stereocenters. The molecular formula is C11H17NO. The van der Waals surface area contributed by atoms with Gasteiger partial charge < -0.3 is 5.73 Å². The van der Waals surface area contributed by atoms with E-state index in [0.29, 0.717) is 25.8 Å². The highest BCUT2D eigenvalue weighted by Crippen LogP contribution is 2.43. The zero-order chi connectivity index (χ0) is 9.73. The second-order valence-corrected chi connectivity index (χ2v) is 3.98. The van der Waals surface area contributed by atoms with Crippen LogP contribution in [0.25, 0.3) is 0 Å². The van der Waals surface area contributed by atoms with E-state index in [0.717, 1.165) is 12.8 Å². The van der Waals surface area contributed by atoms with Crippen molar-refractivity contribution in [1.29, 1.82) is 0 Å². The average Bonchev–Trinajstić information content (AvgIpc) is 2.08. The predicted octanol–water partition coefficient (Wildman–Crippen LogP) is 1.49. The van der Waals surface area contributed by atoms with Gasteiger partial charge in [-0.05, 0) is 24.8 Å². The number of rotatable bonds is 5. The molecule has 2 heteroatoms. The summed E-state index contributed by atoms with van der Waals surface area (Å²) in [5, 5.41) is 0. The minimum absolute atomic E-state index is 0.145. The molecule has 0 amide bonds. The normalized spacial score (nSPS) is 18.8. The monoisotopic (exact) mass is 179 g/mol. The molecule has 0 heterocycles. The Bertz CT molecular complexity index is 217. The maximum Gasteiger partial charge on any atom is 0.134 e. The van der Waals surface area contributed by atoms with E-state index in [4.69, 9.17) is 12.2 Å². The van der Waals surface area contributed by atoms with Crippen LogP contribution in [0.15, 0.2) is 0 Å². The van der Waals surface area contributed by atoms with E-state index in [1.165, 1.54) is 6.42 Å².